The SMILES string of the molecule is CCN(CC1CCCN1)S(=O)(=O)c1ccccc1Br. The molecule has 1 fully saturated rings. The van der Waals surface area contributed by atoms with Crippen LogP contribution in [0.3, 0.4) is 0 Å². The molecule has 1 atom stereocenters. The third kappa shape index (κ3) is 3.37. The van der Waals surface area contributed by atoms with Gasteiger partial charge in [0.1, 0.15) is 0 Å². The number of sulfonamides is 1. The number of rotatable bonds is 5. The van der Waals surface area contributed by atoms with E-state index in [1.165, 1.54) is 0 Å². The molecule has 19 heavy (non-hydrogen) atoms. The van der Waals surface area contributed by atoms with Gasteiger partial charge in [0.15, 0.2) is 0 Å². The van der Waals surface area contributed by atoms with E-state index in [-0.39, 0.29) is 6.04 Å². The number of likely N-dealkylation sites (N-methyl/N-ethyl adjacent to an activating group) is 1. The molecule has 1 saturated heterocycles. The van der Waals surface area contributed by atoms with E-state index in [9.17, 15) is 8.42 Å². The number of halogens is 1. The van der Waals surface area contributed by atoms with E-state index in [4.69, 9.17) is 0 Å². The van der Waals surface area contributed by atoms with Crippen LogP contribution < -0.4 is 5.32 Å². The molecule has 2 rings (SSSR count). The molecular formula is C13H19BrN2O2S. The molecule has 6 heteroatoms. The van der Waals surface area contributed by atoms with Crippen molar-refractivity contribution in [2.75, 3.05) is 19.6 Å². The van der Waals surface area contributed by atoms with Crippen LogP contribution in [0, 0.1) is 0 Å². The fraction of sp³-hybridized carbons (Fsp3) is 0.538. The number of hydrogen-bond acceptors (Lipinski definition) is 3. The van der Waals surface area contributed by atoms with Crippen LogP contribution in [0.1, 0.15) is 19.8 Å². The maximum atomic E-state index is 12.6. The summed E-state index contributed by atoms with van der Waals surface area (Å²) >= 11 is 3.32. The maximum Gasteiger partial charge on any atom is 0.244 e. The van der Waals surface area contributed by atoms with Gasteiger partial charge in [-0.25, -0.2) is 8.42 Å². The van der Waals surface area contributed by atoms with Gasteiger partial charge < -0.3 is 5.32 Å². The molecule has 0 aliphatic carbocycles. The highest BCUT2D eigenvalue weighted by atomic mass is 79.9. The number of nitrogens with zero attached hydrogens (tertiary/aromatic N) is 1. The number of benzene rings is 1. The normalized spacial score (nSPS) is 20.1. The zero-order chi connectivity index (χ0) is 13.9. The first-order chi connectivity index (χ1) is 9.05. The molecule has 4 nitrogen and oxygen atoms in total. The van der Waals surface area contributed by atoms with Gasteiger partial charge in [-0.1, -0.05) is 19.1 Å². The minimum absolute atomic E-state index is 0.275. The van der Waals surface area contributed by atoms with Gasteiger partial charge in [-0.3, -0.25) is 0 Å². The Labute approximate surface area is 123 Å². The molecular weight excluding hydrogens is 328 g/mol. The lowest BCUT2D eigenvalue weighted by Gasteiger charge is -2.24. The Balaban J connectivity index is 2.23. The summed E-state index contributed by atoms with van der Waals surface area (Å²) < 4.78 is 27.5. The maximum absolute atomic E-state index is 12.6. The molecule has 1 aromatic carbocycles. The Morgan fingerprint density at radius 1 is 1.42 bits per heavy atom. The van der Waals surface area contributed by atoms with Crippen molar-refractivity contribution in [3.8, 4) is 0 Å². The third-order valence-corrected chi connectivity index (χ3v) is 6.35. The summed E-state index contributed by atoms with van der Waals surface area (Å²) in [5.41, 5.74) is 0. The third-order valence-electron chi connectivity index (χ3n) is 3.39. The molecule has 0 aromatic heterocycles. The van der Waals surface area contributed by atoms with Crippen LogP contribution in [0.25, 0.3) is 0 Å². The predicted octanol–water partition coefficient (Wildman–Crippen LogP) is 2.21. The van der Waals surface area contributed by atoms with Gasteiger partial charge in [-0.05, 0) is 47.4 Å². The van der Waals surface area contributed by atoms with Gasteiger partial charge in [0.05, 0.1) is 4.90 Å². The lowest BCUT2D eigenvalue weighted by molar-refractivity contribution is 0.382. The Kier molecular flexibility index (Phi) is 5.00. The van der Waals surface area contributed by atoms with E-state index in [0.717, 1.165) is 19.4 Å². The first-order valence-corrected chi connectivity index (χ1v) is 8.77. The van der Waals surface area contributed by atoms with Crippen LogP contribution in [0.15, 0.2) is 33.6 Å². The zero-order valence-corrected chi connectivity index (χ0v) is 13.4. The minimum atomic E-state index is -3.42. The van der Waals surface area contributed by atoms with Crippen molar-refractivity contribution in [3.63, 3.8) is 0 Å². The summed E-state index contributed by atoms with van der Waals surface area (Å²) in [5, 5.41) is 3.34. The van der Waals surface area contributed by atoms with Crippen molar-refractivity contribution in [3.05, 3.63) is 28.7 Å². The van der Waals surface area contributed by atoms with Crippen LogP contribution in [0.5, 0.6) is 0 Å². The van der Waals surface area contributed by atoms with E-state index in [2.05, 4.69) is 21.2 Å². The second-order valence-corrected chi connectivity index (χ2v) is 7.44. The minimum Gasteiger partial charge on any atom is -0.313 e. The summed E-state index contributed by atoms with van der Waals surface area (Å²) in [6, 6.07) is 7.24. The molecule has 1 aliphatic rings. The van der Waals surface area contributed by atoms with E-state index >= 15 is 0 Å². The van der Waals surface area contributed by atoms with Crippen LogP contribution in [-0.2, 0) is 10.0 Å². The average Bonchev–Trinajstić information content (AvgIpc) is 2.89. The number of hydrogen-bond donors (Lipinski definition) is 1. The van der Waals surface area contributed by atoms with Gasteiger partial charge in [0.25, 0.3) is 0 Å². The monoisotopic (exact) mass is 346 g/mol. The summed E-state index contributed by atoms with van der Waals surface area (Å²) in [7, 11) is -3.42. The molecule has 1 aliphatic heterocycles. The van der Waals surface area contributed by atoms with Gasteiger partial charge in [0.2, 0.25) is 10.0 Å². The van der Waals surface area contributed by atoms with E-state index in [0.29, 0.717) is 22.5 Å². The molecule has 1 aromatic rings. The molecule has 106 valence electrons. The van der Waals surface area contributed by atoms with Gasteiger partial charge in [0, 0.05) is 23.6 Å². The lowest BCUT2D eigenvalue weighted by Crippen LogP contribution is -2.41. The standard InChI is InChI=1S/C13H19BrN2O2S/c1-2-16(10-11-6-5-9-15-11)19(17,18)13-8-4-3-7-12(13)14/h3-4,7-8,11,15H,2,5-6,9-10H2,1H3. The fourth-order valence-electron chi connectivity index (χ4n) is 2.35. The molecule has 1 N–H and O–H groups in total. The van der Waals surface area contributed by atoms with Gasteiger partial charge in [-0.2, -0.15) is 4.31 Å². The second-order valence-electron chi connectivity index (χ2n) is 4.68. The van der Waals surface area contributed by atoms with Crippen molar-refractivity contribution in [2.45, 2.75) is 30.7 Å². The summed E-state index contributed by atoms with van der Waals surface area (Å²) in [6.45, 7) is 3.89. The van der Waals surface area contributed by atoms with Crippen LogP contribution in [0.2, 0.25) is 0 Å². The van der Waals surface area contributed by atoms with Crippen LogP contribution in [-0.4, -0.2) is 38.4 Å². The first kappa shape index (κ1) is 15.0. The highest BCUT2D eigenvalue weighted by Crippen LogP contribution is 2.25. The Hall–Kier alpha value is -0.430. The summed E-state index contributed by atoms with van der Waals surface area (Å²) in [6.07, 6.45) is 2.17. The van der Waals surface area contributed by atoms with Crippen molar-refractivity contribution in [2.24, 2.45) is 0 Å². The van der Waals surface area contributed by atoms with Gasteiger partial charge in [-0.15, -0.1) is 0 Å². The van der Waals surface area contributed by atoms with E-state index in [1.807, 2.05) is 13.0 Å². The predicted molar refractivity (Wildman–Crippen MR) is 79.6 cm³/mol. The number of nitrogens with one attached hydrogen (secondary N) is 1. The molecule has 1 heterocycles. The summed E-state index contributed by atoms with van der Waals surface area (Å²) in [5.74, 6) is 0. The zero-order valence-electron chi connectivity index (χ0n) is 11.0. The quantitative estimate of drug-likeness (QED) is 0.889. The van der Waals surface area contributed by atoms with Crippen molar-refractivity contribution < 1.29 is 8.42 Å². The molecule has 1 unspecified atom stereocenters. The van der Waals surface area contributed by atoms with Crippen molar-refractivity contribution in [1.82, 2.24) is 9.62 Å². The van der Waals surface area contributed by atoms with E-state index < -0.39 is 10.0 Å². The van der Waals surface area contributed by atoms with E-state index in [1.54, 1.807) is 22.5 Å². The van der Waals surface area contributed by atoms with Crippen molar-refractivity contribution >= 4 is 26.0 Å². The highest BCUT2D eigenvalue weighted by molar-refractivity contribution is 9.10. The smallest absolute Gasteiger partial charge is 0.244 e. The molecule has 0 radical (unpaired) electrons. The Bertz CT molecular complexity index is 527. The van der Waals surface area contributed by atoms with Crippen LogP contribution >= 0.6 is 15.9 Å². The molecule has 0 spiro atoms. The van der Waals surface area contributed by atoms with Gasteiger partial charge >= 0.3 is 0 Å². The molecule has 0 amide bonds. The first-order valence-electron chi connectivity index (χ1n) is 6.53. The average molecular weight is 347 g/mol. The highest BCUT2D eigenvalue weighted by Gasteiger charge is 2.28. The van der Waals surface area contributed by atoms with Crippen LogP contribution in [0.4, 0.5) is 0 Å². The molecule has 0 saturated carbocycles. The second kappa shape index (κ2) is 6.35. The summed E-state index contributed by atoms with van der Waals surface area (Å²) in [4.78, 5) is 0.342. The largest absolute Gasteiger partial charge is 0.313 e. The molecule has 0 bridgehead atoms. The van der Waals surface area contributed by atoms with Crippen molar-refractivity contribution in [1.29, 1.82) is 0 Å². The Morgan fingerprint density at radius 2 is 2.16 bits per heavy atom. The fourth-order valence-corrected chi connectivity index (χ4v) is 4.81. The Morgan fingerprint density at radius 3 is 2.74 bits per heavy atom. The lowest BCUT2D eigenvalue weighted by atomic mass is 10.2. The topological polar surface area (TPSA) is 49.4 Å².